The van der Waals surface area contributed by atoms with Crippen LogP contribution in [0.3, 0.4) is 0 Å². The molecule has 0 amide bonds. The van der Waals surface area contributed by atoms with Crippen LogP contribution in [0.25, 0.3) is 0 Å². The van der Waals surface area contributed by atoms with Crippen molar-refractivity contribution in [3.8, 4) is 11.5 Å². The zero-order chi connectivity index (χ0) is 24.5. The number of benzene rings is 1. The van der Waals surface area contributed by atoms with Crippen molar-refractivity contribution in [2.75, 3.05) is 20.6 Å². The lowest BCUT2D eigenvalue weighted by atomic mass is 9.49. The highest BCUT2D eigenvalue weighted by Gasteiger charge is 2.72. The maximum Gasteiger partial charge on any atom is 0.211 e. The zero-order valence-electron chi connectivity index (χ0n) is 22.4. The van der Waals surface area contributed by atoms with Crippen LogP contribution in [-0.2, 0) is 16.6 Å². The Balaban J connectivity index is 1.96. The fourth-order valence-corrected chi connectivity index (χ4v) is 4.72. The second kappa shape index (κ2) is 4.08. The Bertz CT molecular complexity index is 1090. The van der Waals surface area contributed by atoms with E-state index in [9.17, 15) is 4.79 Å². The predicted octanol–water partition coefficient (Wildman–Crippen LogP) is 1.05. The van der Waals surface area contributed by atoms with Gasteiger partial charge in [0.1, 0.15) is 0 Å². The summed E-state index contributed by atoms with van der Waals surface area (Å²) in [7, 11) is -1.44. The minimum absolute atomic E-state index is 0.0294. The number of likely N-dealkylation sites (N-methyl/N-ethyl adjacent to an activating group) is 1. The molecule has 2 aliphatic heterocycles. The number of carbonyl (C=O) groups is 1. The number of ketones is 1. The fourth-order valence-electron chi connectivity index (χ4n) is 4.72. The molecule has 5 heteroatoms. The summed E-state index contributed by atoms with van der Waals surface area (Å²) in [4.78, 5) is 14.9. The number of piperidine rings is 1. The molecule has 1 aromatic carbocycles. The summed E-state index contributed by atoms with van der Waals surface area (Å²) in [6.07, 6.45) is -7.04. The predicted molar refractivity (Wildman–Crippen MR) is 83.0 cm³/mol. The van der Waals surface area contributed by atoms with Gasteiger partial charge in [-0.3, -0.25) is 4.79 Å². The number of methoxy groups -OCH3 is 1. The van der Waals surface area contributed by atoms with Gasteiger partial charge in [-0.2, -0.15) is 0 Å². The van der Waals surface area contributed by atoms with Gasteiger partial charge in [-0.1, -0.05) is 6.04 Å². The molecule has 5 nitrogen and oxygen atoms in total. The minimum Gasteiger partial charge on any atom is -0.493 e. The van der Waals surface area contributed by atoms with Crippen LogP contribution >= 0.6 is 0 Å². The number of nitrogens with zero attached hydrogens (tertiary/aromatic N) is 1. The summed E-state index contributed by atoms with van der Waals surface area (Å²) >= 11 is 0. The van der Waals surface area contributed by atoms with Crippen LogP contribution in [0.4, 0.5) is 0 Å². The van der Waals surface area contributed by atoms with E-state index in [1.165, 1.54) is 0 Å². The van der Waals surface area contributed by atoms with Gasteiger partial charge in [0.25, 0.3) is 0 Å². The van der Waals surface area contributed by atoms with E-state index in [4.69, 9.17) is 28.4 Å². The smallest absolute Gasteiger partial charge is 0.211 e. The molecule has 2 bridgehead atoms. The Morgan fingerprint density at radius 2 is 2.52 bits per heavy atom. The third-order valence-corrected chi connectivity index (χ3v) is 5.76. The maximum atomic E-state index is 13.3. The van der Waals surface area contributed by atoms with Crippen molar-refractivity contribution in [2.45, 2.75) is 48.7 Å². The molecule has 1 spiro atoms. The molecule has 23 heavy (non-hydrogen) atoms. The highest BCUT2D eigenvalue weighted by molar-refractivity contribution is 5.90. The molecule has 1 unspecified atom stereocenters. The SMILES string of the molecule is [2H]O[C@@]12CC([2H])([2H])C(=O)C3Oc4c(OC([2H])([2H])[2H])c([2H])c([2H])c5c4[C@@]31CCN(C)[C@@H]2C5([2H])[2H]. The van der Waals surface area contributed by atoms with Crippen molar-refractivity contribution < 1.29 is 31.7 Å². The number of likely N-dealkylation sites (tertiary alicyclic amines) is 1. The topological polar surface area (TPSA) is 59.0 Å². The molecule has 0 radical (unpaired) electrons. The molecule has 1 N–H and O–H groups in total. The Morgan fingerprint density at radius 3 is 3.35 bits per heavy atom. The van der Waals surface area contributed by atoms with Crippen LogP contribution in [0.5, 0.6) is 11.5 Å². The largest absolute Gasteiger partial charge is 0.493 e. The molecule has 1 saturated carbocycles. The van der Waals surface area contributed by atoms with E-state index in [0.29, 0.717) is 0 Å². The van der Waals surface area contributed by atoms with Crippen molar-refractivity contribution in [2.24, 2.45) is 0 Å². The first-order valence-corrected chi connectivity index (χ1v) is 7.49. The number of Topliss-reactive ketones (excluding diaryl/α,β-unsaturated/α-hetero) is 1. The monoisotopic (exact) mass is 325 g/mol. The van der Waals surface area contributed by atoms with Gasteiger partial charge in [-0.25, -0.2) is 0 Å². The lowest BCUT2D eigenvalue weighted by Gasteiger charge is -2.62. The molecule has 2 heterocycles. The van der Waals surface area contributed by atoms with Gasteiger partial charge < -0.3 is 19.5 Å². The Morgan fingerprint density at radius 1 is 1.61 bits per heavy atom. The molecule has 1 aromatic rings. The third-order valence-electron chi connectivity index (χ3n) is 5.76. The van der Waals surface area contributed by atoms with Crippen molar-refractivity contribution in [3.05, 3.63) is 23.2 Å². The molecular weight excluding hydrogens is 294 g/mol. The van der Waals surface area contributed by atoms with Gasteiger partial charge in [0, 0.05) is 23.5 Å². The fraction of sp³-hybridized carbons (Fsp3) is 0.611. The molecule has 1 saturated heterocycles. The Labute approximate surface area is 149 Å². The van der Waals surface area contributed by atoms with E-state index < -0.39 is 73.0 Å². The van der Waals surface area contributed by atoms with Crippen molar-refractivity contribution in [3.63, 3.8) is 0 Å². The summed E-state index contributed by atoms with van der Waals surface area (Å²) in [6, 6.07) is -2.60. The van der Waals surface area contributed by atoms with Crippen LogP contribution in [-0.4, -0.2) is 55.6 Å². The van der Waals surface area contributed by atoms with Crippen LogP contribution in [0.1, 0.15) is 42.7 Å². The molecule has 4 aliphatic rings. The van der Waals surface area contributed by atoms with E-state index in [0.717, 1.165) is 0 Å². The van der Waals surface area contributed by atoms with Crippen LogP contribution in [0, 0.1) is 0 Å². The third kappa shape index (κ3) is 1.32. The molecular formula is C18H21NO4. The second-order valence-electron chi connectivity index (χ2n) is 6.61. The molecule has 122 valence electrons. The summed E-state index contributed by atoms with van der Waals surface area (Å²) in [6.45, 7) is 0.246. The number of rotatable bonds is 2. The lowest BCUT2D eigenvalue weighted by Crippen LogP contribution is -2.76. The molecule has 5 rings (SSSR count). The van der Waals surface area contributed by atoms with Gasteiger partial charge in [0.05, 0.1) is 24.9 Å². The van der Waals surface area contributed by atoms with E-state index in [-0.39, 0.29) is 29.8 Å². The first kappa shape index (κ1) is 7.11. The van der Waals surface area contributed by atoms with Crippen LogP contribution in [0.15, 0.2) is 12.1 Å². The average Bonchev–Trinajstić information content (AvgIpc) is 3.01. The number of hydrogen-bond acceptors (Lipinski definition) is 5. The van der Waals surface area contributed by atoms with Crippen molar-refractivity contribution in [1.82, 2.24) is 4.90 Å². The quantitative estimate of drug-likeness (QED) is 0.881. The highest BCUT2D eigenvalue weighted by Crippen LogP contribution is 2.64. The van der Waals surface area contributed by atoms with Crippen molar-refractivity contribution in [1.29, 1.82) is 1.43 Å². The first-order chi connectivity index (χ1) is 15.1. The number of ether oxygens (including phenoxy) is 2. The summed E-state index contributed by atoms with van der Waals surface area (Å²) in [5.41, 5.74) is -3.72. The Hall–Kier alpha value is -1.59. The molecule has 0 aromatic heterocycles. The number of hydrogen-bond donors (Lipinski definition) is 1. The second-order valence-corrected chi connectivity index (χ2v) is 6.61. The minimum atomic E-state index is -3.04. The highest BCUT2D eigenvalue weighted by atomic mass is 16.5. The van der Waals surface area contributed by atoms with Gasteiger partial charge in [-0.15, -0.1) is 0 Å². The normalized spacial score (nSPS) is 51.8. The van der Waals surface area contributed by atoms with Gasteiger partial charge in [0.15, 0.2) is 23.4 Å². The van der Waals surface area contributed by atoms with Gasteiger partial charge >= 0.3 is 0 Å². The maximum absolute atomic E-state index is 13.3. The first-order valence-electron chi connectivity index (χ1n) is 12.4. The van der Waals surface area contributed by atoms with E-state index in [1.54, 1.807) is 11.9 Å². The lowest BCUT2D eigenvalue weighted by molar-refractivity contribution is -0.185. The summed E-state index contributed by atoms with van der Waals surface area (Å²) in [5, 5.41) is 5.24. The summed E-state index contributed by atoms with van der Waals surface area (Å²) < 4.78 is 93.0. The zero-order valence-corrected chi connectivity index (χ0v) is 12.4. The summed E-state index contributed by atoms with van der Waals surface area (Å²) in [5.74, 6) is -1.95. The molecule has 4 atom stereocenters. The molecule has 2 fully saturated rings. The van der Waals surface area contributed by atoms with E-state index in [2.05, 4.69) is 0 Å². The van der Waals surface area contributed by atoms with Crippen molar-refractivity contribution >= 4 is 5.78 Å². The average molecular weight is 325 g/mol. The number of carbonyl (C=O) groups excluding carboxylic acids is 1. The number of aliphatic hydroxyl groups is 1. The van der Waals surface area contributed by atoms with Gasteiger partial charge in [-0.05, 0) is 44.4 Å². The molecule has 2 aliphatic carbocycles. The van der Waals surface area contributed by atoms with Crippen LogP contribution < -0.4 is 9.47 Å². The Kier molecular flexibility index (Phi) is 1.26. The van der Waals surface area contributed by atoms with Crippen LogP contribution in [0.2, 0.25) is 0 Å². The van der Waals surface area contributed by atoms with Gasteiger partial charge in [0.2, 0.25) is 1.43 Å². The standard InChI is InChI=1S/C18H21NO4/c1-19-8-7-17-14-10-3-4-12(22-2)15(14)23-16(17)11(20)5-6-18(17,21)13(19)9-10/h3-4,13,16,21H,5-9H2,1-2H3/t13-,16?,17+,18-/m1/s1/i2D3,3D,4D,5D2,9D2,21D. The van der Waals surface area contributed by atoms with E-state index >= 15 is 0 Å². The van der Waals surface area contributed by atoms with E-state index in [1.807, 2.05) is 0 Å².